The third-order valence-electron chi connectivity index (χ3n) is 3.06. The Balaban J connectivity index is 2.59. The van der Waals surface area contributed by atoms with Crippen molar-refractivity contribution in [1.29, 1.82) is 0 Å². The van der Waals surface area contributed by atoms with Crippen LogP contribution in [0.25, 0.3) is 0 Å². The van der Waals surface area contributed by atoms with Gasteiger partial charge in [-0.3, -0.25) is 0 Å². The molecule has 1 N–H and O–H groups in total. The minimum Gasteiger partial charge on any atom is -0.307 e. The first-order valence-electron chi connectivity index (χ1n) is 6.37. The van der Waals surface area contributed by atoms with Crippen molar-refractivity contribution in [2.75, 3.05) is 11.5 Å². The topological polar surface area (TPSA) is 46.2 Å². The van der Waals surface area contributed by atoms with Crippen LogP contribution in [-0.2, 0) is 9.84 Å². The van der Waals surface area contributed by atoms with Gasteiger partial charge in [0.25, 0.3) is 0 Å². The lowest BCUT2D eigenvalue weighted by molar-refractivity contribution is 0.500. The zero-order valence-corrected chi connectivity index (χ0v) is 12.4. The predicted molar refractivity (Wildman–Crippen MR) is 76.5 cm³/mol. The van der Waals surface area contributed by atoms with Gasteiger partial charge >= 0.3 is 0 Å². The fourth-order valence-corrected chi connectivity index (χ4v) is 3.02. The summed E-state index contributed by atoms with van der Waals surface area (Å²) in [5, 5.41) is 3.33. The highest BCUT2D eigenvalue weighted by Crippen LogP contribution is 2.14. The first-order chi connectivity index (χ1) is 8.34. The summed E-state index contributed by atoms with van der Waals surface area (Å²) >= 11 is 0. The lowest BCUT2D eigenvalue weighted by atomic mass is 10.1. The number of rotatable bonds is 6. The number of nitrogens with one attached hydrogen (secondary N) is 1. The second-order valence-electron chi connectivity index (χ2n) is 4.90. The standard InChI is InChI=1S/C14H23NO2S/c1-5-18(16,17)10-12(3)15-13(4)14-8-6-11(2)7-9-14/h6-9,12-13,15H,5,10H2,1-4H3/t12?,13-/m0/s1. The van der Waals surface area contributed by atoms with Crippen molar-refractivity contribution in [3.05, 3.63) is 35.4 Å². The lowest BCUT2D eigenvalue weighted by Gasteiger charge is -2.20. The van der Waals surface area contributed by atoms with Crippen LogP contribution in [0.3, 0.4) is 0 Å². The van der Waals surface area contributed by atoms with Crippen LogP contribution in [0.2, 0.25) is 0 Å². The van der Waals surface area contributed by atoms with E-state index in [0.29, 0.717) is 0 Å². The molecule has 0 bridgehead atoms. The molecular weight excluding hydrogens is 246 g/mol. The molecule has 0 fully saturated rings. The molecule has 4 heteroatoms. The number of sulfone groups is 1. The van der Waals surface area contributed by atoms with Crippen LogP contribution in [0.1, 0.15) is 37.9 Å². The molecule has 0 saturated heterocycles. The summed E-state index contributed by atoms with van der Waals surface area (Å²) in [7, 11) is -2.92. The molecule has 2 atom stereocenters. The molecule has 1 unspecified atom stereocenters. The molecule has 1 rings (SSSR count). The monoisotopic (exact) mass is 269 g/mol. The second-order valence-corrected chi connectivity index (χ2v) is 7.30. The number of benzene rings is 1. The molecule has 1 aromatic carbocycles. The number of aryl methyl sites for hydroxylation is 1. The van der Waals surface area contributed by atoms with Gasteiger partial charge in [-0.25, -0.2) is 8.42 Å². The fraction of sp³-hybridized carbons (Fsp3) is 0.571. The summed E-state index contributed by atoms with van der Waals surface area (Å²) in [5.41, 5.74) is 2.41. The van der Waals surface area contributed by atoms with Crippen LogP contribution in [0.5, 0.6) is 0 Å². The lowest BCUT2D eigenvalue weighted by Crippen LogP contribution is -2.35. The van der Waals surface area contributed by atoms with Crippen molar-refractivity contribution < 1.29 is 8.42 Å². The molecular formula is C14H23NO2S. The Labute approximate surface area is 111 Å². The number of hydrogen-bond donors (Lipinski definition) is 1. The summed E-state index contributed by atoms with van der Waals surface area (Å²) in [6.07, 6.45) is 0. The summed E-state index contributed by atoms with van der Waals surface area (Å²) in [6, 6.07) is 8.42. The Morgan fingerprint density at radius 3 is 2.22 bits per heavy atom. The minimum atomic E-state index is -2.92. The third kappa shape index (κ3) is 4.78. The molecule has 18 heavy (non-hydrogen) atoms. The summed E-state index contributed by atoms with van der Waals surface area (Å²) < 4.78 is 23.1. The Hall–Kier alpha value is -0.870. The van der Waals surface area contributed by atoms with Gasteiger partial charge < -0.3 is 5.32 Å². The van der Waals surface area contributed by atoms with Crippen molar-refractivity contribution in [3.8, 4) is 0 Å². The summed E-state index contributed by atoms with van der Waals surface area (Å²) in [5.74, 6) is 0.400. The molecule has 0 heterocycles. The van der Waals surface area contributed by atoms with Crippen LogP contribution >= 0.6 is 0 Å². The molecule has 0 aliphatic carbocycles. The predicted octanol–water partition coefficient (Wildman–Crippen LogP) is 2.47. The highest BCUT2D eigenvalue weighted by Gasteiger charge is 2.16. The van der Waals surface area contributed by atoms with E-state index in [2.05, 4.69) is 43.4 Å². The molecule has 0 aliphatic heterocycles. The Kier molecular flexibility index (Phi) is 5.35. The molecule has 0 saturated carbocycles. The van der Waals surface area contributed by atoms with E-state index < -0.39 is 9.84 Å². The van der Waals surface area contributed by atoms with E-state index in [1.54, 1.807) is 6.92 Å². The van der Waals surface area contributed by atoms with Crippen LogP contribution in [0.4, 0.5) is 0 Å². The zero-order valence-electron chi connectivity index (χ0n) is 11.6. The van der Waals surface area contributed by atoms with Crippen molar-refractivity contribution in [1.82, 2.24) is 5.32 Å². The highest BCUT2D eigenvalue weighted by molar-refractivity contribution is 7.91. The van der Waals surface area contributed by atoms with E-state index in [0.717, 1.165) is 0 Å². The average Bonchev–Trinajstić information content (AvgIpc) is 2.29. The zero-order chi connectivity index (χ0) is 13.8. The molecule has 0 aromatic heterocycles. The summed E-state index contributed by atoms with van der Waals surface area (Å²) in [6.45, 7) is 7.71. The summed E-state index contributed by atoms with van der Waals surface area (Å²) in [4.78, 5) is 0. The van der Waals surface area contributed by atoms with Gasteiger partial charge in [0.05, 0.1) is 5.75 Å². The Bertz CT molecular complexity index is 465. The second kappa shape index (κ2) is 6.34. The normalized spacial score (nSPS) is 15.3. The van der Waals surface area contributed by atoms with Crippen LogP contribution in [0, 0.1) is 6.92 Å². The molecule has 3 nitrogen and oxygen atoms in total. The Morgan fingerprint density at radius 2 is 1.72 bits per heavy atom. The number of hydrogen-bond acceptors (Lipinski definition) is 3. The molecule has 1 aromatic rings. The van der Waals surface area contributed by atoms with Gasteiger partial charge in [0, 0.05) is 17.8 Å². The molecule has 0 aliphatic rings. The van der Waals surface area contributed by atoms with Gasteiger partial charge in [-0.15, -0.1) is 0 Å². The third-order valence-corrected chi connectivity index (χ3v) is 4.94. The first-order valence-corrected chi connectivity index (χ1v) is 8.19. The maximum atomic E-state index is 11.5. The van der Waals surface area contributed by atoms with E-state index in [4.69, 9.17) is 0 Å². The Morgan fingerprint density at radius 1 is 1.17 bits per heavy atom. The maximum absolute atomic E-state index is 11.5. The SMILES string of the molecule is CCS(=O)(=O)CC(C)N[C@@H](C)c1ccc(C)cc1. The molecule has 0 amide bonds. The van der Waals surface area contributed by atoms with Crippen molar-refractivity contribution in [2.45, 2.75) is 39.8 Å². The maximum Gasteiger partial charge on any atom is 0.151 e. The first kappa shape index (κ1) is 15.2. The van der Waals surface area contributed by atoms with Crippen molar-refractivity contribution in [2.24, 2.45) is 0 Å². The van der Waals surface area contributed by atoms with Gasteiger partial charge in [0.2, 0.25) is 0 Å². The van der Waals surface area contributed by atoms with Gasteiger partial charge in [-0.2, -0.15) is 0 Å². The van der Waals surface area contributed by atoms with Gasteiger partial charge in [0.15, 0.2) is 9.84 Å². The van der Waals surface area contributed by atoms with E-state index in [-0.39, 0.29) is 23.6 Å². The van der Waals surface area contributed by atoms with Gasteiger partial charge in [-0.05, 0) is 26.3 Å². The average molecular weight is 269 g/mol. The minimum absolute atomic E-state index is 0.0359. The van der Waals surface area contributed by atoms with E-state index in [1.807, 2.05) is 6.92 Å². The molecule has 0 radical (unpaired) electrons. The van der Waals surface area contributed by atoms with E-state index in [1.165, 1.54) is 11.1 Å². The van der Waals surface area contributed by atoms with Crippen LogP contribution in [0.15, 0.2) is 24.3 Å². The van der Waals surface area contributed by atoms with E-state index >= 15 is 0 Å². The van der Waals surface area contributed by atoms with Crippen LogP contribution in [-0.4, -0.2) is 26.0 Å². The van der Waals surface area contributed by atoms with E-state index in [9.17, 15) is 8.42 Å². The smallest absolute Gasteiger partial charge is 0.151 e. The quantitative estimate of drug-likeness (QED) is 0.863. The van der Waals surface area contributed by atoms with Gasteiger partial charge in [-0.1, -0.05) is 36.8 Å². The highest BCUT2D eigenvalue weighted by atomic mass is 32.2. The molecule has 0 spiro atoms. The van der Waals surface area contributed by atoms with Gasteiger partial charge in [0.1, 0.15) is 0 Å². The van der Waals surface area contributed by atoms with Crippen molar-refractivity contribution >= 4 is 9.84 Å². The molecule has 102 valence electrons. The van der Waals surface area contributed by atoms with Crippen molar-refractivity contribution in [3.63, 3.8) is 0 Å². The largest absolute Gasteiger partial charge is 0.307 e. The fourth-order valence-electron chi connectivity index (χ4n) is 1.92. The van der Waals surface area contributed by atoms with Crippen LogP contribution < -0.4 is 5.32 Å².